The Hall–Kier alpha value is -2.18. The van der Waals surface area contributed by atoms with Gasteiger partial charge in [-0.2, -0.15) is 0 Å². The first-order valence-electron chi connectivity index (χ1n) is 9.50. The Labute approximate surface area is 163 Å². The van der Waals surface area contributed by atoms with Crippen molar-refractivity contribution in [3.8, 4) is 0 Å². The van der Waals surface area contributed by atoms with Crippen molar-refractivity contribution in [2.75, 3.05) is 20.2 Å². The molecule has 0 spiro atoms. The van der Waals surface area contributed by atoms with Crippen LogP contribution in [0, 0.1) is 5.92 Å². The lowest BCUT2D eigenvalue weighted by molar-refractivity contribution is -0.928. The van der Waals surface area contributed by atoms with Gasteiger partial charge in [0.25, 0.3) is 5.91 Å². The Balaban J connectivity index is 1.33. The Morgan fingerprint density at radius 2 is 2.00 bits per heavy atom. The van der Waals surface area contributed by atoms with Crippen molar-refractivity contribution in [1.82, 2.24) is 5.32 Å². The van der Waals surface area contributed by atoms with Crippen molar-refractivity contribution in [2.24, 2.45) is 5.92 Å². The van der Waals surface area contributed by atoms with E-state index in [0.717, 1.165) is 24.4 Å². The van der Waals surface area contributed by atoms with Crippen LogP contribution in [0.1, 0.15) is 45.2 Å². The molecule has 1 saturated carbocycles. The topological polar surface area (TPSA) is 59.8 Å². The van der Waals surface area contributed by atoms with E-state index in [1.807, 2.05) is 23.5 Å². The summed E-state index contributed by atoms with van der Waals surface area (Å²) in [5.41, 5.74) is 2.97. The SMILES string of the molecule is COC(=O)c1ccc(CNC(=O)C[NH+]2CCc3sccc3[C@@H]2C2CC2)cc1. The molecule has 2 aromatic rings. The molecule has 1 amide bonds. The molecule has 2 N–H and O–H groups in total. The molecular formula is C21H25N2O3S+. The number of carbonyl (C=O) groups excluding carboxylic acids is 2. The van der Waals surface area contributed by atoms with Crippen LogP contribution in [0.15, 0.2) is 35.7 Å². The lowest BCUT2D eigenvalue weighted by Crippen LogP contribution is -3.14. The predicted molar refractivity (Wildman–Crippen MR) is 104 cm³/mol. The fourth-order valence-corrected chi connectivity index (χ4v) is 4.97. The van der Waals surface area contributed by atoms with Crippen molar-refractivity contribution in [1.29, 1.82) is 0 Å². The first kappa shape index (κ1) is 18.2. The molecule has 0 saturated heterocycles. The minimum atomic E-state index is -0.349. The van der Waals surface area contributed by atoms with Gasteiger partial charge in [-0.05, 0) is 42.0 Å². The number of esters is 1. The van der Waals surface area contributed by atoms with Crippen molar-refractivity contribution in [2.45, 2.75) is 31.8 Å². The van der Waals surface area contributed by atoms with Gasteiger partial charge in [0.05, 0.1) is 19.2 Å². The van der Waals surface area contributed by atoms with Gasteiger partial charge in [-0.3, -0.25) is 4.79 Å². The molecule has 2 heterocycles. The molecule has 6 heteroatoms. The summed E-state index contributed by atoms with van der Waals surface area (Å²) in [6, 6.07) is 9.92. The number of quaternary nitrogens is 1. The van der Waals surface area contributed by atoms with Crippen LogP contribution < -0.4 is 10.2 Å². The van der Waals surface area contributed by atoms with Gasteiger partial charge < -0.3 is 15.0 Å². The van der Waals surface area contributed by atoms with E-state index in [2.05, 4.69) is 16.8 Å². The van der Waals surface area contributed by atoms with Gasteiger partial charge in [-0.25, -0.2) is 4.79 Å². The number of fused-ring (bicyclic) bond motifs is 1. The normalized spacial score (nSPS) is 21.4. The third kappa shape index (κ3) is 4.06. The summed E-state index contributed by atoms with van der Waals surface area (Å²) in [7, 11) is 1.37. The first-order chi connectivity index (χ1) is 13.2. The van der Waals surface area contributed by atoms with E-state index >= 15 is 0 Å². The number of amides is 1. The maximum absolute atomic E-state index is 12.5. The van der Waals surface area contributed by atoms with Gasteiger partial charge in [0.15, 0.2) is 6.54 Å². The Morgan fingerprint density at radius 3 is 2.70 bits per heavy atom. The van der Waals surface area contributed by atoms with Gasteiger partial charge in [0, 0.05) is 29.3 Å². The number of rotatable bonds is 6. The van der Waals surface area contributed by atoms with Crippen LogP contribution in [-0.4, -0.2) is 32.1 Å². The lowest BCUT2D eigenvalue weighted by atomic mass is 9.96. The molecule has 4 rings (SSSR count). The molecule has 1 aromatic carbocycles. The standard InChI is InChI=1S/C21H24N2O3S/c1-26-21(25)16-4-2-14(3-5-16)12-22-19(24)13-23-10-8-18-17(9-11-27-18)20(23)15-6-7-15/h2-5,9,11,15,20H,6-8,10,12-13H2,1H3,(H,22,24)/p+1/t20-/m0/s1. The minimum Gasteiger partial charge on any atom is -0.465 e. The number of hydrogen-bond acceptors (Lipinski definition) is 4. The van der Waals surface area contributed by atoms with Crippen LogP contribution >= 0.6 is 11.3 Å². The van der Waals surface area contributed by atoms with Crippen LogP contribution in [0.2, 0.25) is 0 Å². The lowest BCUT2D eigenvalue weighted by Gasteiger charge is -2.32. The monoisotopic (exact) mass is 385 g/mol. The number of carbonyl (C=O) groups is 2. The summed E-state index contributed by atoms with van der Waals surface area (Å²) in [5, 5.41) is 5.23. The fraction of sp³-hybridized carbons (Fsp3) is 0.429. The number of thiophene rings is 1. The minimum absolute atomic E-state index is 0.0892. The quantitative estimate of drug-likeness (QED) is 0.745. The second kappa shape index (κ2) is 7.82. The average molecular weight is 386 g/mol. The maximum atomic E-state index is 12.5. The molecule has 27 heavy (non-hydrogen) atoms. The molecular weight excluding hydrogens is 360 g/mol. The Bertz CT molecular complexity index is 826. The van der Waals surface area contributed by atoms with E-state index in [0.29, 0.717) is 24.7 Å². The van der Waals surface area contributed by atoms with Crippen molar-refractivity contribution in [3.05, 3.63) is 57.3 Å². The van der Waals surface area contributed by atoms with Gasteiger partial charge in [0.1, 0.15) is 6.04 Å². The second-order valence-electron chi connectivity index (χ2n) is 7.41. The van der Waals surface area contributed by atoms with Crippen LogP contribution in [0.4, 0.5) is 0 Å². The summed E-state index contributed by atoms with van der Waals surface area (Å²) in [6.45, 7) is 2.04. The first-order valence-corrected chi connectivity index (χ1v) is 10.4. The van der Waals surface area contributed by atoms with Crippen LogP contribution in [0.3, 0.4) is 0 Å². The van der Waals surface area contributed by atoms with Crippen LogP contribution in [0.25, 0.3) is 0 Å². The van der Waals surface area contributed by atoms with Gasteiger partial charge in [0.2, 0.25) is 0 Å². The largest absolute Gasteiger partial charge is 0.465 e. The maximum Gasteiger partial charge on any atom is 0.337 e. The van der Waals surface area contributed by atoms with Crippen molar-refractivity contribution >= 4 is 23.2 Å². The predicted octanol–water partition coefficient (Wildman–Crippen LogP) is 1.74. The second-order valence-corrected chi connectivity index (χ2v) is 8.42. The van der Waals surface area contributed by atoms with Crippen LogP contribution in [0.5, 0.6) is 0 Å². The summed E-state index contributed by atoms with van der Waals surface area (Å²) in [6.07, 6.45) is 3.66. The summed E-state index contributed by atoms with van der Waals surface area (Å²) in [4.78, 5) is 26.9. The number of ether oxygens (including phenoxy) is 1. The van der Waals surface area contributed by atoms with E-state index in [1.54, 1.807) is 12.1 Å². The Morgan fingerprint density at radius 1 is 1.22 bits per heavy atom. The third-order valence-corrected chi connectivity index (χ3v) is 6.57. The zero-order chi connectivity index (χ0) is 18.8. The average Bonchev–Trinajstić information content (AvgIpc) is 3.42. The zero-order valence-corrected chi connectivity index (χ0v) is 16.3. The molecule has 2 atom stereocenters. The molecule has 1 aromatic heterocycles. The molecule has 1 unspecified atom stereocenters. The molecule has 1 fully saturated rings. The highest BCUT2D eigenvalue weighted by Gasteiger charge is 2.43. The summed E-state index contributed by atoms with van der Waals surface area (Å²) >= 11 is 1.86. The molecule has 2 aliphatic rings. The molecule has 5 nitrogen and oxygen atoms in total. The highest BCUT2D eigenvalue weighted by Crippen LogP contribution is 2.42. The highest BCUT2D eigenvalue weighted by atomic mass is 32.1. The van der Waals surface area contributed by atoms with E-state index in [1.165, 1.54) is 35.3 Å². The summed E-state index contributed by atoms with van der Waals surface area (Å²) < 4.78 is 4.70. The van der Waals surface area contributed by atoms with Crippen molar-refractivity contribution < 1.29 is 19.2 Å². The number of hydrogen-bond donors (Lipinski definition) is 2. The third-order valence-electron chi connectivity index (χ3n) is 5.57. The van der Waals surface area contributed by atoms with E-state index in [9.17, 15) is 9.59 Å². The zero-order valence-electron chi connectivity index (χ0n) is 15.5. The van der Waals surface area contributed by atoms with Crippen LogP contribution in [-0.2, 0) is 22.5 Å². The highest BCUT2D eigenvalue weighted by molar-refractivity contribution is 7.10. The fourth-order valence-electron chi connectivity index (χ4n) is 4.04. The van der Waals surface area contributed by atoms with Gasteiger partial charge >= 0.3 is 5.97 Å². The smallest absolute Gasteiger partial charge is 0.337 e. The molecule has 142 valence electrons. The molecule has 0 bridgehead atoms. The summed E-state index contributed by atoms with van der Waals surface area (Å²) in [5.74, 6) is 0.483. The van der Waals surface area contributed by atoms with E-state index in [4.69, 9.17) is 4.74 Å². The number of nitrogens with one attached hydrogen (secondary N) is 2. The number of benzene rings is 1. The number of methoxy groups -OCH3 is 1. The molecule has 0 radical (unpaired) electrons. The van der Waals surface area contributed by atoms with Gasteiger partial charge in [-0.15, -0.1) is 11.3 Å². The van der Waals surface area contributed by atoms with E-state index in [-0.39, 0.29) is 11.9 Å². The molecule has 1 aliphatic heterocycles. The Kier molecular flexibility index (Phi) is 5.27. The van der Waals surface area contributed by atoms with Crippen molar-refractivity contribution in [3.63, 3.8) is 0 Å². The van der Waals surface area contributed by atoms with Gasteiger partial charge in [-0.1, -0.05) is 12.1 Å². The molecule has 1 aliphatic carbocycles. The van der Waals surface area contributed by atoms with E-state index < -0.39 is 0 Å².